The molecule has 0 unspecified atom stereocenters. The Morgan fingerprint density at radius 1 is 1.03 bits per heavy atom. The number of carbonyl (C=O) groups excluding carboxylic acids is 1. The fourth-order valence-electron chi connectivity index (χ4n) is 2.85. The van der Waals surface area contributed by atoms with E-state index in [0.717, 1.165) is 22.0 Å². The number of sulfonamides is 1. The second kappa shape index (κ2) is 8.96. The lowest BCUT2D eigenvalue weighted by Gasteiger charge is -2.24. The first-order valence-electron chi connectivity index (χ1n) is 9.08. The van der Waals surface area contributed by atoms with Crippen molar-refractivity contribution in [2.45, 2.75) is 11.8 Å². The zero-order valence-electron chi connectivity index (χ0n) is 16.5. The highest BCUT2D eigenvalue weighted by Crippen LogP contribution is 2.26. The Morgan fingerprint density at radius 3 is 2.30 bits per heavy atom. The van der Waals surface area contributed by atoms with Crippen LogP contribution in [0.25, 0.3) is 0 Å². The molecule has 156 valence electrons. The van der Waals surface area contributed by atoms with Crippen molar-refractivity contribution >= 4 is 27.3 Å². The molecule has 0 atom stereocenters. The number of nitrogens with one attached hydrogen (secondary N) is 1. The van der Waals surface area contributed by atoms with Gasteiger partial charge in [0.1, 0.15) is 18.1 Å². The van der Waals surface area contributed by atoms with Gasteiger partial charge >= 0.3 is 0 Å². The first kappa shape index (κ1) is 21.3. The number of ether oxygens (including phenoxy) is 1. The second-order valence-electron chi connectivity index (χ2n) is 6.58. The monoisotopic (exact) mass is 428 g/mol. The lowest BCUT2D eigenvalue weighted by Crippen LogP contribution is -2.38. The predicted octanol–water partition coefficient (Wildman–Crippen LogP) is 3.98. The van der Waals surface area contributed by atoms with Crippen LogP contribution in [0.2, 0.25) is 0 Å². The van der Waals surface area contributed by atoms with Gasteiger partial charge in [-0.25, -0.2) is 12.8 Å². The molecule has 0 aliphatic carbocycles. The van der Waals surface area contributed by atoms with Crippen molar-refractivity contribution in [3.8, 4) is 5.75 Å². The van der Waals surface area contributed by atoms with E-state index in [9.17, 15) is 17.6 Å². The standard InChI is InChI=1S/C22H21FN2O4S/c1-16-4-3-5-18(14-16)24-22(26)15-25(19-8-10-20(29-2)11-9-19)30(27,28)21-12-6-17(23)7-13-21/h3-14H,15H2,1-2H3,(H,24,26). The summed E-state index contributed by atoms with van der Waals surface area (Å²) in [5.41, 5.74) is 1.80. The normalized spacial score (nSPS) is 11.0. The van der Waals surface area contributed by atoms with Gasteiger partial charge in [0.2, 0.25) is 5.91 Å². The summed E-state index contributed by atoms with van der Waals surface area (Å²) in [5, 5.41) is 2.71. The molecule has 0 saturated heterocycles. The fraction of sp³-hybridized carbons (Fsp3) is 0.136. The Balaban J connectivity index is 1.94. The molecule has 0 aliphatic rings. The van der Waals surface area contributed by atoms with Gasteiger partial charge in [-0.2, -0.15) is 0 Å². The molecular formula is C22H21FN2O4S. The van der Waals surface area contributed by atoms with Crippen molar-refractivity contribution in [3.63, 3.8) is 0 Å². The predicted molar refractivity (Wildman–Crippen MR) is 114 cm³/mol. The molecule has 0 fully saturated rings. The maximum Gasteiger partial charge on any atom is 0.264 e. The van der Waals surface area contributed by atoms with Crippen molar-refractivity contribution in [1.29, 1.82) is 0 Å². The smallest absolute Gasteiger partial charge is 0.264 e. The summed E-state index contributed by atoms with van der Waals surface area (Å²) >= 11 is 0. The lowest BCUT2D eigenvalue weighted by molar-refractivity contribution is -0.114. The van der Waals surface area contributed by atoms with E-state index in [-0.39, 0.29) is 10.6 Å². The van der Waals surface area contributed by atoms with Gasteiger partial charge in [0.15, 0.2) is 0 Å². The number of amides is 1. The van der Waals surface area contributed by atoms with Crippen LogP contribution in [0.5, 0.6) is 5.75 Å². The molecule has 0 radical (unpaired) electrons. The Hall–Kier alpha value is -3.39. The van der Waals surface area contributed by atoms with E-state index in [2.05, 4.69) is 5.32 Å². The molecule has 3 rings (SSSR count). The molecule has 1 amide bonds. The molecule has 30 heavy (non-hydrogen) atoms. The van der Waals surface area contributed by atoms with E-state index in [0.29, 0.717) is 11.4 Å². The van der Waals surface area contributed by atoms with Gasteiger partial charge in [0.25, 0.3) is 10.0 Å². The maximum atomic E-state index is 13.3. The number of carbonyl (C=O) groups is 1. The quantitative estimate of drug-likeness (QED) is 0.618. The van der Waals surface area contributed by atoms with Crippen molar-refractivity contribution in [1.82, 2.24) is 0 Å². The van der Waals surface area contributed by atoms with Crippen LogP contribution in [-0.4, -0.2) is 28.0 Å². The summed E-state index contributed by atoms with van der Waals surface area (Å²) < 4.78 is 45.8. The van der Waals surface area contributed by atoms with Gasteiger partial charge in [-0.3, -0.25) is 9.10 Å². The lowest BCUT2D eigenvalue weighted by atomic mass is 10.2. The molecule has 0 heterocycles. The minimum absolute atomic E-state index is 0.122. The van der Waals surface area contributed by atoms with E-state index in [1.807, 2.05) is 13.0 Å². The van der Waals surface area contributed by atoms with Crippen LogP contribution in [-0.2, 0) is 14.8 Å². The van der Waals surface area contributed by atoms with Gasteiger partial charge < -0.3 is 10.1 Å². The molecule has 0 bridgehead atoms. The zero-order valence-corrected chi connectivity index (χ0v) is 17.3. The average molecular weight is 428 g/mol. The SMILES string of the molecule is COc1ccc(N(CC(=O)Nc2cccc(C)c2)S(=O)(=O)c2ccc(F)cc2)cc1. The van der Waals surface area contributed by atoms with Crippen LogP contribution in [0.4, 0.5) is 15.8 Å². The van der Waals surface area contributed by atoms with E-state index >= 15 is 0 Å². The molecule has 0 spiro atoms. The molecule has 6 nitrogen and oxygen atoms in total. The van der Waals surface area contributed by atoms with E-state index in [1.54, 1.807) is 42.5 Å². The van der Waals surface area contributed by atoms with E-state index < -0.39 is 28.3 Å². The summed E-state index contributed by atoms with van der Waals surface area (Å²) in [6.07, 6.45) is 0. The highest BCUT2D eigenvalue weighted by atomic mass is 32.2. The van der Waals surface area contributed by atoms with Gasteiger partial charge in [-0.05, 0) is 73.2 Å². The number of nitrogens with zero attached hydrogens (tertiary/aromatic N) is 1. The number of hydrogen-bond donors (Lipinski definition) is 1. The topological polar surface area (TPSA) is 75.7 Å². The van der Waals surface area contributed by atoms with Crippen LogP contribution in [0.3, 0.4) is 0 Å². The summed E-state index contributed by atoms with van der Waals surface area (Å²) in [5.74, 6) is -0.522. The largest absolute Gasteiger partial charge is 0.497 e. The molecule has 0 aliphatic heterocycles. The average Bonchev–Trinajstić information content (AvgIpc) is 2.72. The number of benzene rings is 3. The summed E-state index contributed by atoms with van der Waals surface area (Å²) in [6.45, 7) is 1.43. The third kappa shape index (κ3) is 4.96. The first-order valence-corrected chi connectivity index (χ1v) is 10.5. The van der Waals surface area contributed by atoms with Crippen LogP contribution in [0.15, 0.2) is 77.7 Å². The molecule has 3 aromatic carbocycles. The fourth-order valence-corrected chi connectivity index (χ4v) is 4.27. The van der Waals surface area contributed by atoms with E-state index in [4.69, 9.17) is 4.74 Å². The highest BCUT2D eigenvalue weighted by molar-refractivity contribution is 7.92. The van der Waals surface area contributed by atoms with Crippen LogP contribution in [0, 0.1) is 12.7 Å². The molecule has 0 aromatic heterocycles. The third-order valence-corrected chi connectivity index (χ3v) is 6.14. The number of rotatable bonds is 7. The number of anilines is 2. The zero-order chi connectivity index (χ0) is 21.7. The Morgan fingerprint density at radius 2 is 1.70 bits per heavy atom. The van der Waals surface area contributed by atoms with Crippen LogP contribution < -0.4 is 14.4 Å². The summed E-state index contributed by atoms with van der Waals surface area (Å²) in [7, 11) is -2.62. The molecular weight excluding hydrogens is 407 g/mol. The summed E-state index contributed by atoms with van der Waals surface area (Å²) in [4.78, 5) is 12.5. The van der Waals surface area contributed by atoms with Crippen LogP contribution in [0.1, 0.15) is 5.56 Å². The molecule has 8 heteroatoms. The maximum absolute atomic E-state index is 13.3. The minimum atomic E-state index is -4.12. The number of aryl methyl sites for hydroxylation is 1. The highest BCUT2D eigenvalue weighted by Gasteiger charge is 2.27. The van der Waals surface area contributed by atoms with Gasteiger partial charge in [0.05, 0.1) is 17.7 Å². The van der Waals surface area contributed by atoms with Crippen molar-refractivity contribution < 1.29 is 22.3 Å². The third-order valence-electron chi connectivity index (χ3n) is 4.35. The summed E-state index contributed by atoms with van der Waals surface area (Å²) in [6, 6.07) is 17.9. The van der Waals surface area contributed by atoms with E-state index in [1.165, 1.54) is 19.2 Å². The Bertz CT molecular complexity index is 1130. The first-order chi connectivity index (χ1) is 14.3. The molecule has 3 aromatic rings. The Kier molecular flexibility index (Phi) is 6.37. The van der Waals surface area contributed by atoms with Gasteiger partial charge in [0, 0.05) is 5.69 Å². The molecule has 0 saturated carbocycles. The number of halogens is 1. The van der Waals surface area contributed by atoms with Crippen LogP contribution >= 0.6 is 0 Å². The molecule has 1 N–H and O–H groups in total. The number of hydrogen-bond acceptors (Lipinski definition) is 4. The second-order valence-corrected chi connectivity index (χ2v) is 8.44. The van der Waals surface area contributed by atoms with Gasteiger partial charge in [-0.15, -0.1) is 0 Å². The van der Waals surface area contributed by atoms with Crippen molar-refractivity contribution in [2.24, 2.45) is 0 Å². The van der Waals surface area contributed by atoms with Gasteiger partial charge in [-0.1, -0.05) is 12.1 Å². The number of methoxy groups -OCH3 is 1. The minimum Gasteiger partial charge on any atom is -0.497 e. The van der Waals surface area contributed by atoms with Crippen molar-refractivity contribution in [2.75, 3.05) is 23.3 Å². The Labute approximate surface area is 175 Å². The van der Waals surface area contributed by atoms with Crippen molar-refractivity contribution in [3.05, 3.63) is 84.2 Å².